The molecule has 1 N–H and O–H groups in total. The molecule has 2 atom stereocenters. The first-order valence-corrected chi connectivity index (χ1v) is 6.81. The van der Waals surface area contributed by atoms with Gasteiger partial charge >= 0.3 is 0 Å². The second-order valence-electron chi connectivity index (χ2n) is 5.26. The Hall–Kier alpha value is -1.55. The number of carbonyl (C=O) groups is 2. The van der Waals surface area contributed by atoms with Crippen molar-refractivity contribution < 1.29 is 9.59 Å². The van der Waals surface area contributed by atoms with Crippen LogP contribution < -0.4 is 5.43 Å². The van der Waals surface area contributed by atoms with Crippen LogP contribution in [0.15, 0.2) is 24.3 Å². The summed E-state index contributed by atoms with van der Waals surface area (Å²) in [6.07, 6.45) is 1.40. The molecule has 1 saturated heterocycles. The minimum Gasteiger partial charge on any atom is -0.273 e. The van der Waals surface area contributed by atoms with Gasteiger partial charge in [-0.25, -0.2) is 5.01 Å². The lowest BCUT2D eigenvalue weighted by molar-refractivity contribution is -0.152. The maximum atomic E-state index is 12.2. The van der Waals surface area contributed by atoms with Gasteiger partial charge in [0.15, 0.2) is 0 Å². The van der Waals surface area contributed by atoms with Crippen molar-refractivity contribution in [2.75, 3.05) is 0 Å². The molecule has 0 bridgehead atoms. The smallest absolute Gasteiger partial charge is 0.245 e. The molecule has 1 aromatic rings. The maximum Gasteiger partial charge on any atom is 0.245 e. The summed E-state index contributed by atoms with van der Waals surface area (Å²) in [6, 6.07) is 7.31. The quantitative estimate of drug-likeness (QED) is 0.921. The van der Waals surface area contributed by atoms with Crippen molar-refractivity contribution in [2.24, 2.45) is 11.3 Å². The minimum atomic E-state index is -0.429. The molecule has 2 fully saturated rings. The van der Waals surface area contributed by atoms with Crippen molar-refractivity contribution in [1.82, 2.24) is 10.4 Å². The number of halogens is 1. The van der Waals surface area contributed by atoms with E-state index >= 15 is 0 Å². The Morgan fingerprint density at radius 1 is 1.47 bits per heavy atom. The first-order chi connectivity index (χ1) is 9.06. The van der Waals surface area contributed by atoms with Gasteiger partial charge in [0.2, 0.25) is 11.8 Å². The number of hydrogen-bond donors (Lipinski definition) is 1. The zero-order chi connectivity index (χ0) is 13.6. The van der Waals surface area contributed by atoms with Gasteiger partial charge in [0.25, 0.3) is 0 Å². The Morgan fingerprint density at radius 3 is 2.95 bits per heavy atom. The molecule has 4 nitrogen and oxygen atoms in total. The van der Waals surface area contributed by atoms with E-state index in [-0.39, 0.29) is 17.7 Å². The number of hydrogen-bond acceptors (Lipinski definition) is 2. The van der Waals surface area contributed by atoms with Crippen molar-refractivity contribution in [3.05, 3.63) is 34.9 Å². The molecule has 0 spiro atoms. The zero-order valence-electron chi connectivity index (χ0n) is 10.6. The molecule has 1 aliphatic heterocycles. The van der Waals surface area contributed by atoms with E-state index < -0.39 is 5.41 Å². The Balaban J connectivity index is 1.77. The molecule has 1 heterocycles. The molecule has 5 heteroatoms. The second-order valence-corrected chi connectivity index (χ2v) is 5.70. The average molecular weight is 279 g/mol. The average Bonchev–Trinajstić information content (AvgIpc) is 3.13. The van der Waals surface area contributed by atoms with Crippen molar-refractivity contribution in [3.8, 4) is 0 Å². The summed E-state index contributed by atoms with van der Waals surface area (Å²) in [5.41, 5.74) is 3.20. The summed E-state index contributed by atoms with van der Waals surface area (Å²) >= 11 is 5.92. The lowest BCUT2D eigenvalue weighted by atomic mass is 9.97. The molecule has 0 unspecified atom stereocenters. The fourth-order valence-electron chi connectivity index (χ4n) is 2.84. The summed E-state index contributed by atoms with van der Waals surface area (Å²) < 4.78 is 0. The van der Waals surface area contributed by atoms with Gasteiger partial charge in [0.05, 0.1) is 17.9 Å². The predicted octanol–water partition coefficient (Wildman–Crippen LogP) is 2.13. The topological polar surface area (TPSA) is 49.4 Å². The lowest BCUT2D eigenvalue weighted by Crippen LogP contribution is -2.54. The number of nitrogens with one attached hydrogen (secondary N) is 1. The molecule has 100 valence electrons. The van der Waals surface area contributed by atoms with Gasteiger partial charge in [0.1, 0.15) is 0 Å². The van der Waals surface area contributed by atoms with Crippen LogP contribution in [0, 0.1) is 11.3 Å². The normalized spacial score (nSPS) is 28.9. The Kier molecular flexibility index (Phi) is 2.78. The summed E-state index contributed by atoms with van der Waals surface area (Å²) in [7, 11) is 0. The number of nitrogens with zero attached hydrogens (tertiary/aromatic N) is 1. The highest BCUT2D eigenvalue weighted by atomic mass is 35.5. The summed E-state index contributed by atoms with van der Waals surface area (Å²) in [4.78, 5) is 24.3. The van der Waals surface area contributed by atoms with E-state index in [1.807, 2.05) is 19.1 Å². The van der Waals surface area contributed by atoms with Crippen LogP contribution in [0.1, 0.15) is 25.3 Å². The number of fused-ring (bicyclic) bond motifs is 1. The third-order valence-corrected chi connectivity index (χ3v) is 4.42. The number of rotatable bonds is 3. The molecular formula is C14H15ClN2O2. The van der Waals surface area contributed by atoms with E-state index in [4.69, 9.17) is 11.6 Å². The molecule has 1 aromatic carbocycles. The van der Waals surface area contributed by atoms with Crippen LogP contribution in [0.3, 0.4) is 0 Å². The van der Waals surface area contributed by atoms with Gasteiger partial charge in [-0.3, -0.25) is 15.0 Å². The Bertz CT molecular complexity index is 560. The van der Waals surface area contributed by atoms with Gasteiger partial charge in [0, 0.05) is 5.02 Å². The molecule has 1 aliphatic carbocycles. The fourth-order valence-corrected chi connectivity index (χ4v) is 3.06. The Morgan fingerprint density at radius 2 is 2.26 bits per heavy atom. The number of benzene rings is 1. The highest BCUT2D eigenvalue weighted by Crippen LogP contribution is 2.57. The van der Waals surface area contributed by atoms with E-state index in [1.54, 1.807) is 12.1 Å². The van der Waals surface area contributed by atoms with Crippen LogP contribution in [0.2, 0.25) is 5.02 Å². The van der Waals surface area contributed by atoms with Gasteiger partial charge in [-0.05, 0) is 30.5 Å². The molecular weight excluding hydrogens is 264 g/mol. The minimum absolute atomic E-state index is 0.0152. The van der Waals surface area contributed by atoms with Crippen molar-refractivity contribution in [1.29, 1.82) is 0 Å². The molecule has 2 amide bonds. The predicted molar refractivity (Wildman–Crippen MR) is 71.0 cm³/mol. The number of hydrazine groups is 1. The second kappa shape index (κ2) is 4.23. The zero-order valence-corrected chi connectivity index (χ0v) is 11.4. The van der Waals surface area contributed by atoms with Gasteiger partial charge in [-0.1, -0.05) is 30.7 Å². The van der Waals surface area contributed by atoms with Crippen LogP contribution in [0.4, 0.5) is 0 Å². The van der Waals surface area contributed by atoms with E-state index in [9.17, 15) is 9.59 Å². The largest absolute Gasteiger partial charge is 0.273 e. The summed E-state index contributed by atoms with van der Waals surface area (Å²) in [5.74, 6) is -0.145. The molecule has 2 aliphatic rings. The molecule has 1 saturated carbocycles. The first-order valence-electron chi connectivity index (χ1n) is 6.44. The number of carbonyl (C=O) groups excluding carboxylic acids is 2. The Labute approximate surface area is 116 Å². The lowest BCUT2D eigenvalue weighted by Gasteiger charge is -2.31. The van der Waals surface area contributed by atoms with E-state index in [0.717, 1.165) is 12.0 Å². The van der Waals surface area contributed by atoms with E-state index in [0.29, 0.717) is 18.0 Å². The first kappa shape index (κ1) is 12.5. The van der Waals surface area contributed by atoms with Gasteiger partial charge < -0.3 is 0 Å². The standard InChI is InChI=1S/C14H15ClN2O2/c1-2-14-7-11(14)12(18)17(16-13(14)19)8-9-4-3-5-10(15)6-9/h3-6,11H,2,7-8H2,1H3,(H,16,19)/t11-,14-/m0/s1. The van der Waals surface area contributed by atoms with Crippen molar-refractivity contribution >= 4 is 23.4 Å². The molecule has 0 radical (unpaired) electrons. The summed E-state index contributed by atoms with van der Waals surface area (Å²) in [6.45, 7) is 2.32. The molecule has 19 heavy (non-hydrogen) atoms. The van der Waals surface area contributed by atoms with Crippen LogP contribution in [0.5, 0.6) is 0 Å². The van der Waals surface area contributed by atoms with Crippen LogP contribution >= 0.6 is 11.6 Å². The highest BCUT2D eigenvalue weighted by molar-refractivity contribution is 6.30. The maximum absolute atomic E-state index is 12.2. The van der Waals surface area contributed by atoms with Crippen molar-refractivity contribution in [2.45, 2.75) is 26.3 Å². The SMILES string of the molecule is CC[C@]12C[C@H]1C(=O)N(Cc1cccc(Cl)c1)NC2=O. The van der Waals surface area contributed by atoms with Gasteiger partial charge in [-0.15, -0.1) is 0 Å². The third kappa shape index (κ3) is 1.91. The van der Waals surface area contributed by atoms with Crippen LogP contribution in [0.25, 0.3) is 0 Å². The van der Waals surface area contributed by atoms with Crippen molar-refractivity contribution in [3.63, 3.8) is 0 Å². The number of amides is 2. The van der Waals surface area contributed by atoms with E-state index in [2.05, 4.69) is 5.43 Å². The van der Waals surface area contributed by atoms with Crippen LogP contribution in [-0.2, 0) is 16.1 Å². The van der Waals surface area contributed by atoms with E-state index in [1.165, 1.54) is 5.01 Å². The third-order valence-electron chi connectivity index (χ3n) is 4.19. The monoisotopic (exact) mass is 278 g/mol. The van der Waals surface area contributed by atoms with Crippen LogP contribution in [-0.4, -0.2) is 16.8 Å². The summed E-state index contributed by atoms with van der Waals surface area (Å²) in [5, 5.41) is 2.04. The fraction of sp³-hybridized carbons (Fsp3) is 0.429. The van der Waals surface area contributed by atoms with Gasteiger partial charge in [-0.2, -0.15) is 0 Å². The highest BCUT2D eigenvalue weighted by Gasteiger charge is 2.66. The molecule has 3 rings (SSSR count). The molecule has 0 aromatic heterocycles.